The molecule has 0 N–H and O–H groups in total. The van der Waals surface area contributed by atoms with Crippen LogP contribution in [0, 0.1) is 24.8 Å². The molecule has 0 fully saturated rings. The van der Waals surface area contributed by atoms with E-state index in [9.17, 15) is 13.2 Å². The summed E-state index contributed by atoms with van der Waals surface area (Å²) in [6, 6.07) is 35.7. The molecular weight excluding hydrogens is 904 g/mol. The van der Waals surface area contributed by atoms with Crippen LogP contribution in [0.15, 0.2) is 103 Å². The Labute approximate surface area is 334 Å². The molecule has 56 heavy (non-hydrogen) atoms. The fourth-order valence-corrected chi connectivity index (χ4v) is 5.60. The van der Waals surface area contributed by atoms with Gasteiger partial charge in [0, 0.05) is 55.0 Å². The van der Waals surface area contributed by atoms with E-state index in [-0.39, 0.29) is 25.8 Å². The Balaban J connectivity index is 0.000000161. The second-order valence-corrected chi connectivity index (χ2v) is 11.7. The van der Waals surface area contributed by atoms with Crippen molar-refractivity contribution in [1.82, 2.24) is 24.3 Å². The Morgan fingerprint density at radius 2 is 1.14 bits per heavy atom. The van der Waals surface area contributed by atoms with Crippen molar-refractivity contribution >= 4 is 22.1 Å². The summed E-state index contributed by atoms with van der Waals surface area (Å²) in [5, 5.41) is 6.47. The molecule has 0 spiro atoms. The number of pyridine rings is 1. The van der Waals surface area contributed by atoms with Crippen molar-refractivity contribution in [2.24, 2.45) is 14.1 Å². The van der Waals surface area contributed by atoms with Gasteiger partial charge in [0.25, 0.3) is 0 Å². The van der Waals surface area contributed by atoms with Crippen LogP contribution in [0.4, 0.5) is 13.2 Å². The minimum atomic E-state index is -4.46. The van der Waals surface area contributed by atoms with Gasteiger partial charge in [-0.2, -0.15) is 25.3 Å². The minimum Gasteiger partial charge on any atom is -0.573 e. The van der Waals surface area contributed by atoms with Crippen molar-refractivity contribution in [2.45, 2.75) is 6.18 Å². The van der Waals surface area contributed by atoms with E-state index in [0.717, 1.165) is 39.5 Å². The molecule has 1 radical (unpaired) electrons. The number of fused-ring (bicyclic) bond motifs is 2. The third-order valence-corrected chi connectivity index (χ3v) is 8.30. The molecule has 0 aliphatic rings. The van der Waals surface area contributed by atoms with Gasteiger partial charge in [-0.15, -0.1) is 12.1 Å². The summed E-state index contributed by atoms with van der Waals surface area (Å²) in [5.74, 6) is 2.82. The molecule has 8 aromatic rings. The zero-order valence-electron chi connectivity index (χ0n) is 31.0. The van der Waals surface area contributed by atoms with Crippen LogP contribution >= 0.6 is 0 Å². The Bertz CT molecular complexity index is 2400. The summed E-state index contributed by atoms with van der Waals surface area (Å²) in [6.45, 7) is 0. The van der Waals surface area contributed by atoms with E-state index in [2.05, 4.69) is 52.1 Å². The number of rotatable bonds is 7. The van der Waals surface area contributed by atoms with Gasteiger partial charge < -0.3 is 47.4 Å². The van der Waals surface area contributed by atoms with Crippen LogP contribution < -0.4 is 33.2 Å². The molecule has 11 nitrogen and oxygen atoms in total. The predicted octanol–water partition coefficient (Wildman–Crippen LogP) is 6.26. The minimum absolute atomic E-state index is 0. The van der Waals surface area contributed by atoms with Gasteiger partial charge in [-0.1, -0.05) is 72.4 Å². The van der Waals surface area contributed by atoms with Crippen molar-refractivity contribution in [3.05, 3.63) is 134 Å². The van der Waals surface area contributed by atoms with E-state index in [4.69, 9.17) is 18.9 Å². The van der Waals surface area contributed by atoms with Gasteiger partial charge in [0.05, 0.1) is 64.6 Å². The van der Waals surface area contributed by atoms with Crippen molar-refractivity contribution in [2.75, 3.05) is 28.4 Å². The van der Waals surface area contributed by atoms with Gasteiger partial charge in [0.2, 0.25) is 12.7 Å². The summed E-state index contributed by atoms with van der Waals surface area (Å²) >= 11 is 0. The van der Waals surface area contributed by atoms with Gasteiger partial charge in [-0.05, 0) is 29.6 Å². The maximum absolute atomic E-state index is 12.2. The first-order valence-electron chi connectivity index (χ1n) is 16.6. The maximum Gasteiger partial charge on any atom is 0.431 e. The number of benzene rings is 4. The molecule has 0 atom stereocenters. The predicted molar refractivity (Wildman–Crippen MR) is 196 cm³/mol. The molecular formula is C41H35F3IrN7O4-3. The van der Waals surface area contributed by atoms with E-state index < -0.39 is 11.9 Å². The number of ether oxygens (including phenoxy) is 4. The first-order chi connectivity index (χ1) is 26.6. The normalized spacial score (nSPS) is 10.8. The summed E-state index contributed by atoms with van der Waals surface area (Å²) in [7, 11) is 10.5. The van der Waals surface area contributed by atoms with Crippen LogP contribution in [0.5, 0.6) is 23.0 Å². The number of imidazole rings is 2. The second-order valence-electron chi connectivity index (χ2n) is 11.7. The fourth-order valence-electron chi connectivity index (χ4n) is 5.60. The van der Waals surface area contributed by atoms with Crippen molar-refractivity contribution < 1.29 is 61.4 Å². The number of hydrogen-bond donors (Lipinski definition) is 0. The zero-order chi connectivity index (χ0) is 39.1. The Morgan fingerprint density at radius 1 is 0.661 bits per heavy atom. The van der Waals surface area contributed by atoms with E-state index in [0.29, 0.717) is 28.7 Å². The van der Waals surface area contributed by atoms with Crippen molar-refractivity contribution in [1.29, 1.82) is 0 Å². The van der Waals surface area contributed by atoms with Crippen LogP contribution in [0.3, 0.4) is 0 Å². The monoisotopic (exact) mass is 939 g/mol. The molecule has 0 bridgehead atoms. The molecule has 8 rings (SSSR count). The zero-order valence-corrected chi connectivity index (χ0v) is 33.4. The van der Waals surface area contributed by atoms with Crippen LogP contribution in [-0.4, -0.2) is 47.7 Å². The molecule has 0 aliphatic heterocycles. The molecule has 0 amide bonds. The smallest absolute Gasteiger partial charge is 0.431 e. The van der Waals surface area contributed by atoms with Gasteiger partial charge in [0.1, 0.15) is 5.69 Å². The molecule has 0 unspecified atom stereocenters. The van der Waals surface area contributed by atoms with Gasteiger partial charge >= 0.3 is 6.18 Å². The van der Waals surface area contributed by atoms with Crippen molar-refractivity contribution in [3.8, 4) is 45.8 Å². The summed E-state index contributed by atoms with van der Waals surface area (Å²) < 4.78 is 65.6. The van der Waals surface area contributed by atoms with E-state index in [1.807, 2.05) is 80.9 Å². The van der Waals surface area contributed by atoms with E-state index >= 15 is 0 Å². The van der Waals surface area contributed by atoms with Crippen LogP contribution in [0.1, 0.15) is 5.69 Å². The Hall–Kier alpha value is -6.18. The maximum atomic E-state index is 12.2. The topological polar surface area (TPSA) is 94.4 Å². The largest absolute Gasteiger partial charge is 0.573 e. The van der Waals surface area contributed by atoms with Gasteiger partial charge in [-0.25, -0.2) is 0 Å². The Kier molecular flexibility index (Phi) is 13.2. The van der Waals surface area contributed by atoms with Gasteiger partial charge in [-0.3, -0.25) is 4.98 Å². The number of methoxy groups -OCH3 is 4. The van der Waals surface area contributed by atoms with E-state index in [1.165, 1.54) is 6.20 Å². The molecule has 0 saturated heterocycles. The van der Waals surface area contributed by atoms with Crippen LogP contribution in [0.2, 0.25) is 0 Å². The second kappa shape index (κ2) is 18.0. The fraction of sp³-hybridized carbons (Fsp3) is 0.171. The average Bonchev–Trinajstić information content (AvgIpc) is 3.95. The summed E-state index contributed by atoms with van der Waals surface area (Å²) in [4.78, 5) is 3.87. The number of para-hydroxylation sites is 4. The van der Waals surface area contributed by atoms with Crippen LogP contribution in [-0.2, 0) is 40.4 Å². The van der Waals surface area contributed by atoms with E-state index in [1.54, 1.807) is 58.8 Å². The quantitative estimate of drug-likeness (QED) is 0.138. The van der Waals surface area contributed by atoms with Gasteiger partial charge in [0.15, 0.2) is 0 Å². The molecule has 0 aliphatic carbocycles. The molecule has 15 heteroatoms. The SMILES string of the molecule is COc1c[c-]c(-n2[c-][n+](C)c3ccccc32)c(OC)c1.COc1c[c-]c(-n2[c-][n+](C)c3ccccc32)c(OC)c1.FC(F)(F)c1cc(-c2ccccn2)[n-]n1.[Ir]. The first kappa shape index (κ1) is 41.0. The first-order valence-corrected chi connectivity index (χ1v) is 16.6. The third-order valence-electron chi connectivity index (χ3n) is 8.30. The number of nitrogens with zero attached hydrogens (tertiary/aromatic N) is 7. The summed E-state index contributed by atoms with van der Waals surface area (Å²) in [6.07, 6.45) is 3.55. The third kappa shape index (κ3) is 8.85. The number of halogens is 3. The molecule has 4 aromatic heterocycles. The number of aryl methyl sites for hydroxylation is 2. The standard InChI is InChI=1S/2C16H15N2O2.C9H5F3N3.Ir/c2*1-17-11-18(14-7-5-4-6-13(14)17)15-9-8-12(19-2)10-16(15)20-3;10-9(11,12)8-5-7(14-15-8)6-3-1-2-4-13-6;/h2*4-8,10H,1-3H3;1-5H;/q3*-1;. The Morgan fingerprint density at radius 3 is 1.55 bits per heavy atom. The molecule has 4 heterocycles. The van der Waals surface area contributed by atoms with Crippen molar-refractivity contribution in [3.63, 3.8) is 0 Å². The summed E-state index contributed by atoms with van der Waals surface area (Å²) in [5.41, 5.74) is 5.42. The van der Waals surface area contributed by atoms with Crippen LogP contribution in [0.25, 0.3) is 44.8 Å². The molecule has 0 saturated carbocycles. The molecule has 291 valence electrons. The molecule has 4 aromatic carbocycles. The number of hydrogen-bond acceptors (Lipinski definition) is 6. The number of alkyl halides is 3. The number of aromatic nitrogens is 7. The average molecular weight is 939 g/mol.